The number of likely N-dealkylation sites (tertiary alicyclic amines) is 1. The van der Waals surface area contributed by atoms with Gasteiger partial charge in [0.1, 0.15) is 0 Å². The maximum Gasteiger partial charge on any atom is 0.0964 e. The number of ether oxygens (including phenoxy) is 1. The Morgan fingerprint density at radius 2 is 2.29 bits per heavy atom. The molecule has 6 heteroatoms. The molecule has 120 valence electrons. The zero-order chi connectivity index (χ0) is 15.1. The molecule has 2 rings (SSSR count). The number of methoxy groups -OCH3 is 1. The molecule has 2 heterocycles. The molecule has 0 amide bonds. The van der Waals surface area contributed by atoms with E-state index in [9.17, 15) is 0 Å². The summed E-state index contributed by atoms with van der Waals surface area (Å²) in [5.74, 6) is 1.36. The summed E-state index contributed by atoms with van der Waals surface area (Å²) in [5.41, 5.74) is 1.02. The van der Waals surface area contributed by atoms with Crippen LogP contribution in [0.2, 0.25) is 0 Å². The molecule has 1 atom stereocenters. The summed E-state index contributed by atoms with van der Waals surface area (Å²) in [7, 11) is 1.78. The Hall–Kier alpha value is -0.980. The van der Waals surface area contributed by atoms with E-state index >= 15 is 0 Å². The van der Waals surface area contributed by atoms with E-state index in [-0.39, 0.29) is 0 Å². The average molecular weight is 295 g/mol. The molecule has 6 nitrogen and oxygen atoms in total. The number of nitrogens with one attached hydrogen (secondary N) is 1. The van der Waals surface area contributed by atoms with Crippen molar-refractivity contribution >= 4 is 0 Å². The number of hydrogen-bond acceptors (Lipinski definition) is 5. The molecule has 0 spiro atoms. The molecule has 1 saturated heterocycles. The predicted octanol–water partition coefficient (Wildman–Crippen LogP) is 0.992. The van der Waals surface area contributed by atoms with Gasteiger partial charge in [0.05, 0.1) is 18.8 Å². The summed E-state index contributed by atoms with van der Waals surface area (Å²) in [4.78, 5) is 2.49. The van der Waals surface area contributed by atoms with Crippen molar-refractivity contribution < 1.29 is 4.74 Å². The average Bonchev–Trinajstić information content (AvgIpc) is 3.06. The standard InChI is InChI=1S/C15H29N5O/c1-13(2)8-16-9-15-11-20(18-17-15)7-6-19-5-4-14(10-19)12-21-3/h11,13-14,16H,4-10,12H2,1-3H3. The molecule has 1 aromatic heterocycles. The third-order valence-electron chi connectivity index (χ3n) is 3.86. The Morgan fingerprint density at radius 3 is 3.05 bits per heavy atom. The largest absolute Gasteiger partial charge is 0.384 e. The van der Waals surface area contributed by atoms with Gasteiger partial charge >= 0.3 is 0 Å². The topological polar surface area (TPSA) is 55.2 Å². The van der Waals surface area contributed by atoms with Crippen LogP contribution in [0, 0.1) is 11.8 Å². The van der Waals surface area contributed by atoms with Gasteiger partial charge in [-0.1, -0.05) is 19.1 Å². The lowest BCUT2D eigenvalue weighted by Crippen LogP contribution is -2.26. The van der Waals surface area contributed by atoms with Crippen molar-refractivity contribution in [2.24, 2.45) is 11.8 Å². The molecular weight excluding hydrogens is 266 g/mol. The van der Waals surface area contributed by atoms with Gasteiger partial charge in [0, 0.05) is 32.9 Å². The highest BCUT2D eigenvalue weighted by atomic mass is 16.5. The van der Waals surface area contributed by atoms with E-state index in [2.05, 4.69) is 40.6 Å². The van der Waals surface area contributed by atoms with Gasteiger partial charge in [-0.05, 0) is 31.3 Å². The normalized spacial score (nSPS) is 19.7. The van der Waals surface area contributed by atoms with Gasteiger partial charge in [-0.3, -0.25) is 4.68 Å². The Bertz CT molecular complexity index is 407. The SMILES string of the molecule is COCC1CCN(CCn2cc(CNCC(C)C)nn2)C1. The van der Waals surface area contributed by atoms with Crippen LogP contribution in [0.3, 0.4) is 0 Å². The van der Waals surface area contributed by atoms with Crippen LogP contribution in [0.1, 0.15) is 26.0 Å². The smallest absolute Gasteiger partial charge is 0.0964 e. The van der Waals surface area contributed by atoms with Gasteiger partial charge in [-0.15, -0.1) is 5.10 Å². The maximum atomic E-state index is 5.23. The summed E-state index contributed by atoms with van der Waals surface area (Å²) in [6.07, 6.45) is 3.30. The molecule has 1 aliphatic heterocycles. The van der Waals surface area contributed by atoms with Crippen LogP contribution in [0.4, 0.5) is 0 Å². The van der Waals surface area contributed by atoms with E-state index in [0.29, 0.717) is 11.8 Å². The van der Waals surface area contributed by atoms with E-state index in [1.54, 1.807) is 7.11 Å². The van der Waals surface area contributed by atoms with E-state index in [1.807, 2.05) is 4.68 Å². The van der Waals surface area contributed by atoms with Crippen LogP contribution in [-0.4, -0.2) is 59.8 Å². The second-order valence-corrected chi connectivity index (χ2v) is 6.41. The van der Waals surface area contributed by atoms with Crippen molar-refractivity contribution in [3.63, 3.8) is 0 Å². The van der Waals surface area contributed by atoms with Gasteiger partial charge in [-0.25, -0.2) is 0 Å². The van der Waals surface area contributed by atoms with Crippen molar-refractivity contribution in [1.82, 2.24) is 25.2 Å². The van der Waals surface area contributed by atoms with E-state index in [1.165, 1.54) is 13.0 Å². The fourth-order valence-corrected chi connectivity index (χ4v) is 2.75. The quantitative estimate of drug-likeness (QED) is 0.736. The van der Waals surface area contributed by atoms with Gasteiger partial charge in [-0.2, -0.15) is 0 Å². The summed E-state index contributed by atoms with van der Waals surface area (Å²) in [6, 6.07) is 0. The summed E-state index contributed by atoms with van der Waals surface area (Å²) in [5, 5.41) is 11.8. The minimum atomic E-state index is 0.662. The third kappa shape index (κ3) is 5.73. The van der Waals surface area contributed by atoms with Gasteiger partial charge in [0.15, 0.2) is 0 Å². The lowest BCUT2D eigenvalue weighted by atomic mass is 10.1. The molecule has 1 N–H and O–H groups in total. The maximum absolute atomic E-state index is 5.23. The third-order valence-corrected chi connectivity index (χ3v) is 3.86. The monoisotopic (exact) mass is 295 g/mol. The Morgan fingerprint density at radius 1 is 1.43 bits per heavy atom. The molecule has 1 aliphatic rings. The highest BCUT2D eigenvalue weighted by molar-refractivity contribution is 4.91. The highest BCUT2D eigenvalue weighted by Crippen LogP contribution is 2.15. The zero-order valence-corrected chi connectivity index (χ0v) is 13.6. The molecule has 0 aliphatic carbocycles. The van der Waals surface area contributed by atoms with Crippen LogP contribution >= 0.6 is 0 Å². The molecule has 0 aromatic carbocycles. The zero-order valence-electron chi connectivity index (χ0n) is 13.6. The second kappa shape index (κ2) is 8.46. The Kier molecular flexibility index (Phi) is 6.60. The predicted molar refractivity (Wildman–Crippen MR) is 83.0 cm³/mol. The van der Waals surface area contributed by atoms with Crippen molar-refractivity contribution in [2.75, 3.05) is 39.9 Å². The fourth-order valence-electron chi connectivity index (χ4n) is 2.75. The molecule has 21 heavy (non-hydrogen) atoms. The van der Waals surface area contributed by atoms with E-state index < -0.39 is 0 Å². The Balaban J connectivity index is 1.66. The van der Waals surface area contributed by atoms with Crippen LogP contribution in [0.5, 0.6) is 0 Å². The number of nitrogens with zero attached hydrogens (tertiary/aromatic N) is 4. The Labute approximate surface area is 127 Å². The van der Waals surface area contributed by atoms with Crippen LogP contribution in [-0.2, 0) is 17.8 Å². The summed E-state index contributed by atoms with van der Waals surface area (Å²) >= 11 is 0. The van der Waals surface area contributed by atoms with Crippen LogP contribution in [0.25, 0.3) is 0 Å². The van der Waals surface area contributed by atoms with Crippen molar-refractivity contribution in [2.45, 2.75) is 33.4 Å². The first-order valence-electron chi connectivity index (χ1n) is 7.98. The van der Waals surface area contributed by atoms with Gasteiger partial charge in [0.25, 0.3) is 0 Å². The minimum Gasteiger partial charge on any atom is -0.384 e. The summed E-state index contributed by atoms with van der Waals surface area (Å²) in [6.45, 7) is 11.4. The first kappa shape index (κ1) is 16.4. The second-order valence-electron chi connectivity index (χ2n) is 6.41. The number of rotatable bonds is 9. The lowest BCUT2D eigenvalue weighted by Gasteiger charge is -2.15. The minimum absolute atomic E-state index is 0.662. The first-order chi connectivity index (χ1) is 10.2. The number of hydrogen-bond donors (Lipinski definition) is 1. The van der Waals surface area contributed by atoms with Gasteiger partial charge in [0.2, 0.25) is 0 Å². The molecule has 0 radical (unpaired) electrons. The highest BCUT2D eigenvalue weighted by Gasteiger charge is 2.21. The fraction of sp³-hybridized carbons (Fsp3) is 0.867. The summed E-state index contributed by atoms with van der Waals surface area (Å²) < 4.78 is 7.19. The van der Waals surface area contributed by atoms with Crippen molar-refractivity contribution in [3.8, 4) is 0 Å². The van der Waals surface area contributed by atoms with Crippen molar-refractivity contribution in [3.05, 3.63) is 11.9 Å². The molecule has 0 saturated carbocycles. The van der Waals surface area contributed by atoms with Crippen LogP contribution in [0.15, 0.2) is 6.20 Å². The molecule has 1 unspecified atom stereocenters. The lowest BCUT2D eigenvalue weighted by molar-refractivity contribution is 0.152. The molecular formula is C15H29N5O. The van der Waals surface area contributed by atoms with Crippen molar-refractivity contribution in [1.29, 1.82) is 0 Å². The van der Waals surface area contributed by atoms with Gasteiger partial charge < -0.3 is 15.0 Å². The van der Waals surface area contributed by atoms with E-state index in [4.69, 9.17) is 4.74 Å². The molecule has 1 aromatic rings. The van der Waals surface area contributed by atoms with Crippen LogP contribution < -0.4 is 5.32 Å². The van der Waals surface area contributed by atoms with E-state index in [0.717, 1.165) is 45.0 Å². The number of aromatic nitrogens is 3. The molecule has 1 fully saturated rings. The first-order valence-corrected chi connectivity index (χ1v) is 7.98. The molecule has 0 bridgehead atoms.